The third-order valence-electron chi connectivity index (χ3n) is 6.60. The third-order valence-corrected chi connectivity index (χ3v) is 6.60. The summed E-state index contributed by atoms with van der Waals surface area (Å²) in [4.78, 5) is 15.4. The number of nitrogens with zero attached hydrogens (tertiary/aromatic N) is 1. The smallest absolute Gasteiger partial charge is 0.254 e. The average molecular weight is 395 g/mol. The van der Waals surface area contributed by atoms with Gasteiger partial charge in [0.05, 0.1) is 25.9 Å². The molecule has 0 aromatic heterocycles. The van der Waals surface area contributed by atoms with Crippen molar-refractivity contribution in [3.05, 3.63) is 59.7 Å². The molecule has 5 heteroatoms. The van der Waals surface area contributed by atoms with E-state index in [0.717, 1.165) is 42.7 Å². The second-order valence-corrected chi connectivity index (χ2v) is 8.12. The minimum absolute atomic E-state index is 0.00639. The number of methoxy groups -OCH3 is 2. The van der Waals surface area contributed by atoms with Gasteiger partial charge in [0.15, 0.2) is 0 Å². The number of aliphatic hydroxyl groups is 1. The first-order chi connectivity index (χ1) is 14.1. The summed E-state index contributed by atoms with van der Waals surface area (Å²) in [6, 6.07) is 14.8. The van der Waals surface area contributed by atoms with Crippen molar-refractivity contribution in [2.24, 2.45) is 5.92 Å². The van der Waals surface area contributed by atoms with E-state index in [4.69, 9.17) is 9.47 Å². The predicted octanol–water partition coefficient (Wildman–Crippen LogP) is 4.21. The largest absolute Gasteiger partial charge is 0.497 e. The zero-order valence-corrected chi connectivity index (χ0v) is 17.1. The van der Waals surface area contributed by atoms with Crippen LogP contribution in [0.25, 0.3) is 0 Å². The second kappa shape index (κ2) is 8.07. The summed E-state index contributed by atoms with van der Waals surface area (Å²) in [5, 5.41) is 11.5. The van der Waals surface area contributed by atoms with Crippen molar-refractivity contribution in [3.63, 3.8) is 0 Å². The molecule has 0 radical (unpaired) electrons. The normalized spacial score (nSPS) is 26.5. The second-order valence-electron chi connectivity index (χ2n) is 8.12. The first kappa shape index (κ1) is 19.8. The van der Waals surface area contributed by atoms with E-state index >= 15 is 0 Å². The number of hydrogen-bond acceptors (Lipinski definition) is 4. The Morgan fingerprint density at radius 2 is 1.86 bits per heavy atom. The Kier molecular flexibility index (Phi) is 5.50. The van der Waals surface area contributed by atoms with Crippen LogP contribution in [0, 0.1) is 5.92 Å². The lowest BCUT2D eigenvalue weighted by Gasteiger charge is -2.52. The molecule has 0 spiro atoms. The molecule has 0 unspecified atom stereocenters. The Hall–Kier alpha value is -2.53. The van der Waals surface area contributed by atoms with Gasteiger partial charge in [0.1, 0.15) is 11.5 Å². The summed E-state index contributed by atoms with van der Waals surface area (Å²) >= 11 is 0. The summed E-state index contributed by atoms with van der Waals surface area (Å²) in [5.74, 6) is 1.40. The van der Waals surface area contributed by atoms with E-state index in [0.29, 0.717) is 18.5 Å². The van der Waals surface area contributed by atoms with Crippen molar-refractivity contribution < 1.29 is 19.4 Å². The Morgan fingerprint density at radius 1 is 1.07 bits per heavy atom. The number of ether oxygens (including phenoxy) is 2. The maximum atomic E-state index is 13.5. The maximum Gasteiger partial charge on any atom is 0.254 e. The highest BCUT2D eigenvalue weighted by molar-refractivity contribution is 5.94. The monoisotopic (exact) mass is 395 g/mol. The van der Waals surface area contributed by atoms with E-state index in [2.05, 4.69) is 0 Å². The minimum atomic E-state index is -0.746. The lowest BCUT2D eigenvalue weighted by Crippen LogP contribution is -2.56. The van der Waals surface area contributed by atoms with Gasteiger partial charge in [0.25, 0.3) is 5.91 Å². The van der Waals surface area contributed by atoms with E-state index in [1.165, 1.54) is 0 Å². The van der Waals surface area contributed by atoms with Crippen molar-refractivity contribution in [2.75, 3.05) is 20.8 Å². The van der Waals surface area contributed by atoms with Crippen LogP contribution in [0.3, 0.4) is 0 Å². The van der Waals surface area contributed by atoms with Gasteiger partial charge in [-0.2, -0.15) is 0 Å². The molecule has 29 heavy (non-hydrogen) atoms. The van der Waals surface area contributed by atoms with Crippen molar-refractivity contribution in [3.8, 4) is 11.5 Å². The highest BCUT2D eigenvalue weighted by Gasteiger charge is 2.51. The summed E-state index contributed by atoms with van der Waals surface area (Å²) in [6.07, 6.45) is 4.37. The van der Waals surface area contributed by atoms with Crippen LogP contribution in [-0.4, -0.2) is 42.3 Å². The SMILES string of the molecule is COc1ccc(OC)c([C@H]2[C@@H]3CCCC[C@@]3(O)CCN2C(=O)c2ccccc2)c1. The molecule has 1 saturated heterocycles. The van der Waals surface area contributed by atoms with Gasteiger partial charge in [-0.05, 0) is 49.6 Å². The molecule has 2 aromatic carbocycles. The highest BCUT2D eigenvalue weighted by atomic mass is 16.5. The molecule has 3 atom stereocenters. The number of carbonyl (C=O) groups excluding carboxylic acids is 1. The lowest BCUT2D eigenvalue weighted by molar-refractivity contribution is -0.115. The predicted molar refractivity (Wildman–Crippen MR) is 111 cm³/mol. The molecule has 5 nitrogen and oxygen atoms in total. The maximum absolute atomic E-state index is 13.5. The van der Waals surface area contributed by atoms with Gasteiger partial charge in [-0.3, -0.25) is 4.79 Å². The fraction of sp³-hybridized carbons (Fsp3) is 0.458. The number of rotatable bonds is 4. The molecule has 1 aliphatic heterocycles. The average Bonchev–Trinajstić information content (AvgIpc) is 2.77. The minimum Gasteiger partial charge on any atom is -0.497 e. The van der Waals surface area contributed by atoms with Crippen molar-refractivity contribution >= 4 is 5.91 Å². The number of amides is 1. The number of fused-ring (bicyclic) bond motifs is 1. The summed E-state index contributed by atoms with van der Waals surface area (Å²) < 4.78 is 11.1. The van der Waals surface area contributed by atoms with Gasteiger partial charge >= 0.3 is 0 Å². The number of likely N-dealkylation sites (tertiary alicyclic amines) is 1. The summed E-state index contributed by atoms with van der Waals surface area (Å²) in [5.41, 5.74) is 0.826. The molecule has 154 valence electrons. The van der Waals surface area contributed by atoms with E-state index < -0.39 is 5.60 Å². The number of hydrogen-bond donors (Lipinski definition) is 1. The Labute approximate surface area is 172 Å². The molecular weight excluding hydrogens is 366 g/mol. The summed E-state index contributed by atoms with van der Waals surface area (Å²) in [7, 11) is 3.28. The Balaban J connectivity index is 1.82. The fourth-order valence-electron chi connectivity index (χ4n) is 5.11. The van der Waals surface area contributed by atoms with Crippen LogP contribution in [-0.2, 0) is 0 Å². The van der Waals surface area contributed by atoms with Crippen molar-refractivity contribution in [1.29, 1.82) is 0 Å². The first-order valence-corrected chi connectivity index (χ1v) is 10.4. The van der Waals surface area contributed by atoms with Gasteiger partial charge in [-0.1, -0.05) is 31.0 Å². The molecule has 2 aliphatic rings. The first-order valence-electron chi connectivity index (χ1n) is 10.4. The number of carbonyl (C=O) groups is 1. The number of piperidine rings is 1. The van der Waals surface area contributed by atoms with Gasteiger partial charge in [0.2, 0.25) is 0 Å². The molecular formula is C24H29NO4. The molecule has 1 heterocycles. The lowest BCUT2D eigenvalue weighted by atomic mass is 9.66. The van der Waals surface area contributed by atoms with Gasteiger partial charge in [-0.15, -0.1) is 0 Å². The van der Waals surface area contributed by atoms with Crippen LogP contribution in [0.2, 0.25) is 0 Å². The fourth-order valence-corrected chi connectivity index (χ4v) is 5.11. The molecule has 1 aliphatic carbocycles. The highest BCUT2D eigenvalue weighted by Crippen LogP contribution is 2.51. The quantitative estimate of drug-likeness (QED) is 0.842. The van der Waals surface area contributed by atoms with E-state index in [-0.39, 0.29) is 17.9 Å². The molecule has 0 bridgehead atoms. The summed E-state index contributed by atoms with van der Waals surface area (Å²) in [6.45, 7) is 0.520. The van der Waals surface area contributed by atoms with Gasteiger partial charge in [-0.25, -0.2) is 0 Å². The third kappa shape index (κ3) is 3.60. The van der Waals surface area contributed by atoms with Crippen LogP contribution in [0.1, 0.15) is 54.1 Å². The van der Waals surface area contributed by atoms with Crippen LogP contribution in [0.4, 0.5) is 0 Å². The molecule has 1 amide bonds. The molecule has 2 aromatic rings. The molecule has 4 rings (SSSR count). The van der Waals surface area contributed by atoms with Gasteiger partial charge in [0, 0.05) is 23.6 Å². The van der Waals surface area contributed by atoms with Gasteiger partial charge < -0.3 is 19.5 Å². The van der Waals surface area contributed by atoms with Crippen molar-refractivity contribution in [2.45, 2.75) is 43.7 Å². The topological polar surface area (TPSA) is 59.0 Å². The van der Waals surface area contributed by atoms with E-state index in [9.17, 15) is 9.90 Å². The molecule has 1 N–H and O–H groups in total. The zero-order chi connectivity index (χ0) is 20.4. The zero-order valence-electron chi connectivity index (χ0n) is 17.1. The molecule has 1 saturated carbocycles. The van der Waals surface area contributed by atoms with E-state index in [1.54, 1.807) is 14.2 Å². The van der Waals surface area contributed by atoms with Crippen LogP contribution in [0.5, 0.6) is 11.5 Å². The molecule has 2 fully saturated rings. The van der Waals surface area contributed by atoms with E-state index in [1.807, 2.05) is 53.4 Å². The Bertz CT molecular complexity index is 868. The standard InChI is InChI=1S/C24H29NO4/c1-28-18-11-12-21(29-2)19(16-18)22-20-10-6-7-13-24(20,27)14-15-25(22)23(26)17-8-4-3-5-9-17/h3-5,8-9,11-12,16,20,22,27H,6-7,10,13-15H2,1-2H3/t20-,22-,24+/m0/s1. The van der Waals surface area contributed by atoms with Crippen LogP contribution >= 0.6 is 0 Å². The van der Waals surface area contributed by atoms with Crippen LogP contribution < -0.4 is 9.47 Å². The number of benzene rings is 2. The Morgan fingerprint density at radius 3 is 2.59 bits per heavy atom. The van der Waals surface area contributed by atoms with Crippen LogP contribution in [0.15, 0.2) is 48.5 Å². The van der Waals surface area contributed by atoms with Crippen molar-refractivity contribution in [1.82, 2.24) is 4.90 Å².